The summed E-state index contributed by atoms with van der Waals surface area (Å²) in [6.07, 6.45) is 0. The third-order valence-electron chi connectivity index (χ3n) is 2.46. The van der Waals surface area contributed by atoms with Crippen molar-refractivity contribution in [3.63, 3.8) is 0 Å². The van der Waals surface area contributed by atoms with Gasteiger partial charge in [0.1, 0.15) is 0 Å². The van der Waals surface area contributed by atoms with Gasteiger partial charge in [-0.3, -0.25) is 9.32 Å². The van der Waals surface area contributed by atoms with Crippen LogP contribution in [0.5, 0.6) is 0 Å². The fourth-order valence-corrected chi connectivity index (χ4v) is 2.26. The first kappa shape index (κ1) is 12.6. The average molecular weight is 265 g/mol. The molecule has 0 aliphatic heterocycles. The quantitative estimate of drug-likeness (QED) is 0.510. The van der Waals surface area contributed by atoms with Crippen molar-refractivity contribution in [1.29, 1.82) is 0 Å². The molecular formula is C12H13N2O3S+. The molecule has 0 radical (unpaired) electrons. The molecule has 0 unspecified atom stereocenters. The Balaban J connectivity index is 2.05. The van der Waals surface area contributed by atoms with Crippen molar-refractivity contribution in [3.8, 4) is 0 Å². The number of hydrogen-bond acceptors (Lipinski definition) is 4. The number of aryl methyl sites for hydroxylation is 2. The number of rotatable bonds is 4. The maximum absolute atomic E-state index is 11.9. The molecule has 0 fully saturated rings. The van der Waals surface area contributed by atoms with E-state index < -0.39 is 5.63 Å². The van der Waals surface area contributed by atoms with E-state index in [4.69, 9.17) is 0 Å². The second kappa shape index (κ2) is 5.22. The number of Topliss-reactive ketones (excluding diaryl/α,β-unsaturated/α-hetero) is 1. The Morgan fingerprint density at radius 3 is 2.61 bits per heavy atom. The van der Waals surface area contributed by atoms with E-state index in [0.29, 0.717) is 0 Å². The Kier molecular flexibility index (Phi) is 3.66. The molecule has 0 aliphatic rings. The van der Waals surface area contributed by atoms with Crippen molar-refractivity contribution in [1.82, 2.24) is 5.27 Å². The highest BCUT2D eigenvalue weighted by Gasteiger charge is 2.25. The van der Waals surface area contributed by atoms with Crippen molar-refractivity contribution < 1.29 is 14.0 Å². The average Bonchev–Trinajstić information content (AvgIpc) is 2.68. The molecule has 0 atom stereocenters. The van der Waals surface area contributed by atoms with Crippen LogP contribution in [0.3, 0.4) is 0 Å². The Labute approximate surface area is 108 Å². The van der Waals surface area contributed by atoms with Crippen LogP contribution in [0.25, 0.3) is 0 Å². The number of ketones is 1. The minimum absolute atomic E-state index is 0.0367. The summed E-state index contributed by atoms with van der Waals surface area (Å²) >= 11 is 1.40. The molecule has 0 saturated carbocycles. The van der Waals surface area contributed by atoms with E-state index >= 15 is 0 Å². The highest BCUT2D eigenvalue weighted by atomic mass is 32.2. The smallest absolute Gasteiger partial charge is 0.286 e. The van der Waals surface area contributed by atoms with Gasteiger partial charge < -0.3 is 0 Å². The minimum atomic E-state index is -0.632. The van der Waals surface area contributed by atoms with Gasteiger partial charge in [0.05, 0.1) is 5.75 Å². The highest BCUT2D eigenvalue weighted by Crippen LogP contribution is 2.18. The van der Waals surface area contributed by atoms with E-state index in [1.165, 1.54) is 22.0 Å². The monoisotopic (exact) mass is 265 g/mol. The van der Waals surface area contributed by atoms with E-state index in [1.807, 2.05) is 31.2 Å². The van der Waals surface area contributed by atoms with E-state index in [9.17, 15) is 9.59 Å². The van der Waals surface area contributed by atoms with Gasteiger partial charge in [-0.1, -0.05) is 22.4 Å². The molecule has 2 aromatic rings. The summed E-state index contributed by atoms with van der Waals surface area (Å²) in [7, 11) is 1.56. The second-order valence-electron chi connectivity index (χ2n) is 3.91. The number of carbonyl (C=O) groups is 1. The molecule has 6 heteroatoms. The van der Waals surface area contributed by atoms with E-state index in [1.54, 1.807) is 7.05 Å². The predicted molar refractivity (Wildman–Crippen MR) is 66.7 cm³/mol. The lowest BCUT2D eigenvalue weighted by atomic mass is 10.2. The van der Waals surface area contributed by atoms with Gasteiger partial charge in [-0.2, -0.15) is 0 Å². The van der Waals surface area contributed by atoms with E-state index in [0.717, 1.165) is 4.90 Å². The van der Waals surface area contributed by atoms with Crippen molar-refractivity contribution in [3.05, 3.63) is 45.9 Å². The zero-order chi connectivity index (χ0) is 13.1. The van der Waals surface area contributed by atoms with Crippen LogP contribution in [0, 0.1) is 6.92 Å². The predicted octanol–water partition coefficient (Wildman–Crippen LogP) is 1.08. The minimum Gasteiger partial charge on any atom is -0.286 e. The Hall–Kier alpha value is -1.82. The van der Waals surface area contributed by atoms with Gasteiger partial charge in [0.25, 0.3) is 0 Å². The summed E-state index contributed by atoms with van der Waals surface area (Å²) in [5, 5.41) is 2.32. The van der Waals surface area contributed by atoms with Crippen molar-refractivity contribution in [2.45, 2.75) is 11.8 Å². The molecule has 0 spiro atoms. The van der Waals surface area contributed by atoms with Gasteiger partial charge >= 0.3 is 11.3 Å². The first-order valence-corrected chi connectivity index (χ1v) is 6.36. The van der Waals surface area contributed by atoms with Crippen molar-refractivity contribution in [2.24, 2.45) is 7.05 Å². The summed E-state index contributed by atoms with van der Waals surface area (Å²) < 4.78 is 5.83. The van der Waals surface area contributed by atoms with Crippen LogP contribution < -0.4 is 10.3 Å². The molecule has 0 amide bonds. The summed E-state index contributed by atoms with van der Waals surface area (Å²) in [6.45, 7) is 2.00. The number of nitrogens with one attached hydrogen (secondary N) is 1. The molecule has 5 nitrogen and oxygen atoms in total. The van der Waals surface area contributed by atoms with Crippen LogP contribution in [0.1, 0.15) is 16.1 Å². The Morgan fingerprint density at radius 1 is 1.39 bits per heavy atom. The lowest BCUT2D eigenvalue weighted by molar-refractivity contribution is -0.741. The maximum Gasteiger partial charge on any atom is 0.438 e. The first-order chi connectivity index (χ1) is 8.58. The van der Waals surface area contributed by atoms with Crippen LogP contribution in [0.2, 0.25) is 0 Å². The number of carbonyl (C=O) groups excluding carboxylic acids is 1. The zero-order valence-corrected chi connectivity index (χ0v) is 10.9. The summed E-state index contributed by atoms with van der Waals surface area (Å²) in [6, 6.07) is 7.87. The lowest BCUT2D eigenvalue weighted by Gasteiger charge is -1.98. The standard InChI is InChI=1S/C12H12N2O3S/c1-8-3-5-9(6-4-8)18-7-10(15)11-12(16)17-13-14(11)2/h3-6H,7H2,1-2H3/p+1. The van der Waals surface area contributed by atoms with E-state index in [2.05, 4.69) is 9.79 Å². The number of thioether (sulfide) groups is 1. The summed E-state index contributed by atoms with van der Waals surface area (Å²) in [5.41, 5.74) is 0.574. The molecule has 94 valence electrons. The van der Waals surface area contributed by atoms with Crippen LogP contribution >= 0.6 is 11.8 Å². The van der Waals surface area contributed by atoms with Crippen LogP contribution in [0.15, 0.2) is 38.5 Å². The number of benzene rings is 1. The first-order valence-electron chi connectivity index (χ1n) is 5.38. The number of H-pyrrole nitrogens is 1. The molecule has 2 rings (SSSR count). The zero-order valence-electron chi connectivity index (χ0n) is 10.1. The van der Waals surface area contributed by atoms with Gasteiger partial charge in [0, 0.05) is 4.90 Å². The molecular weight excluding hydrogens is 252 g/mol. The normalized spacial score (nSPS) is 10.6. The number of aromatic nitrogens is 2. The Morgan fingerprint density at radius 2 is 2.06 bits per heavy atom. The highest BCUT2D eigenvalue weighted by molar-refractivity contribution is 8.00. The molecule has 1 N–H and O–H groups in total. The third kappa shape index (κ3) is 2.70. The van der Waals surface area contributed by atoms with Gasteiger partial charge in [0.15, 0.2) is 7.05 Å². The second-order valence-corrected chi connectivity index (χ2v) is 4.96. The molecule has 18 heavy (non-hydrogen) atoms. The van der Waals surface area contributed by atoms with E-state index in [-0.39, 0.29) is 17.2 Å². The summed E-state index contributed by atoms with van der Waals surface area (Å²) in [5.74, 6) is -0.0439. The number of aromatic amines is 1. The van der Waals surface area contributed by atoms with Gasteiger partial charge in [0.2, 0.25) is 5.78 Å². The molecule has 1 aromatic carbocycles. The maximum atomic E-state index is 11.9. The SMILES string of the molecule is Cc1ccc(SCC(=O)c2c(=O)o[nH][n+]2C)cc1. The van der Waals surface area contributed by atoms with Gasteiger partial charge in [-0.05, 0) is 24.3 Å². The molecule has 0 bridgehead atoms. The van der Waals surface area contributed by atoms with Crippen molar-refractivity contribution in [2.75, 3.05) is 5.75 Å². The molecule has 1 aromatic heterocycles. The molecule has 0 saturated heterocycles. The molecule has 1 heterocycles. The third-order valence-corrected chi connectivity index (χ3v) is 3.47. The number of nitrogens with zero attached hydrogens (tertiary/aromatic N) is 1. The topological polar surface area (TPSA) is 67.0 Å². The van der Waals surface area contributed by atoms with Crippen LogP contribution in [0.4, 0.5) is 0 Å². The fourth-order valence-electron chi connectivity index (χ4n) is 1.49. The Bertz CT molecular complexity index is 613. The van der Waals surface area contributed by atoms with Gasteiger partial charge in [-0.15, -0.1) is 11.8 Å². The molecule has 0 aliphatic carbocycles. The lowest BCUT2D eigenvalue weighted by Crippen LogP contribution is -2.39. The van der Waals surface area contributed by atoms with Crippen LogP contribution in [-0.4, -0.2) is 16.8 Å². The fraction of sp³-hybridized carbons (Fsp3) is 0.250. The summed E-state index contributed by atoms with van der Waals surface area (Å²) in [4.78, 5) is 24.2. The van der Waals surface area contributed by atoms with Crippen LogP contribution in [-0.2, 0) is 7.05 Å². The van der Waals surface area contributed by atoms with Gasteiger partial charge in [-0.25, -0.2) is 4.79 Å². The largest absolute Gasteiger partial charge is 0.438 e. The van der Waals surface area contributed by atoms with Crippen molar-refractivity contribution >= 4 is 17.5 Å². The number of hydrogen-bond donors (Lipinski definition) is 1.